The van der Waals surface area contributed by atoms with E-state index >= 15 is 0 Å². The lowest BCUT2D eigenvalue weighted by atomic mass is 10.1. The van der Waals surface area contributed by atoms with Crippen molar-refractivity contribution < 1.29 is 9.90 Å². The number of carboxylic acid groups (broad SMARTS) is 1. The van der Waals surface area contributed by atoms with Gasteiger partial charge < -0.3 is 9.67 Å². The number of fused-ring (bicyclic) bond motifs is 1. The minimum atomic E-state index is -0.935. The predicted octanol–water partition coefficient (Wildman–Crippen LogP) is 3.37. The van der Waals surface area contributed by atoms with Crippen molar-refractivity contribution in [2.75, 3.05) is 0 Å². The number of benzene rings is 2. The van der Waals surface area contributed by atoms with Crippen molar-refractivity contribution >= 4 is 17.0 Å². The van der Waals surface area contributed by atoms with Crippen molar-refractivity contribution in [3.8, 4) is 0 Å². The third-order valence-corrected chi connectivity index (χ3v) is 3.59. The average Bonchev–Trinajstić information content (AvgIpc) is 2.91. The molecule has 0 aliphatic heterocycles. The van der Waals surface area contributed by atoms with Crippen LogP contribution in [0.15, 0.2) is 54.9 Å². The second-order valence-corrected chi connectivity index (χ2v) is 5.01. The molecule has 3 rings (SSSR count). The van der Waals surface area contributed by atoms with E-state index in [1.165, 1.54) is 5.56 Å². The van der Waals surface area contributed by atoms with Crippen LogP contribution in [-0.2, 0) is 13.0 Å². The first kappa shape index (κ1) is 13.4. The molecule has 1 N–H and O–H groups in total. The lowest BCUT2D eigenvalue weighted by molar-refractivity contribution is 0.0699. The first-order chi connectivity index (χ1) is 10.3. The summed E-state index contributed by atoms with van der Waals surface area (Å²) in [7, 11) is 0. The van der Waals surface area contributed by atoms with Crippen LogP contribution in [0.4, 0.5) is 0 Å². The molecule has 2 aromatic carbocycles. The number of rotatable bonds is 5. The molecule has 0 saturated heterocycles. The fourth-order valence-electron chi connectivity index (χ4n) is 2.54. The first-order valence-corrected chi connectivity index (χ1v) is 6.97. The monoisotopic (exact) mass is 280 g/mol. The molecule has 1 aromatic heterocycles. The summed E-state index contributed by atoms with van der Waals surface area (Å²) in [6.07, 6.45) is 3.72. The third kappa shape index (κ3) is 2.79. The van der Waals surface area contributed by atoms with Crippen LogP contribution in [0.5, 0.6) is 0 Å². The molecule has 1 heterocycles. The Morgan fingerprint density at radius 2 is 1.90 bits per heavy atom. The minimum absolute atomic E-state index is 0.259. The maximum absolute atomic E-state index is 11.2. The maximum atomic E-state index is 11.2. The Morgan fingerprint density at radius 1 is 1.10 bits per heavy atom. The zero-order chi connectivity index (χ0) is 14.7. The second-order valence-electron chi connectivity index (χ2n) is 5.01. The summed E-state index contributed by atoms with van der Waals surface area (Å²) in [6, 6.07) is 15.6. The Hall–Kier alpha value is -2.62. The van der Waals surface area contributed by atoms with Crippen LogP contribution in [0.3, 0.4) is 0 Å². The van der Waals surface area contributed by atoms with E-state index in [9.17, 15) is 4.79 Å². The second kappa shape index (κ2) is 5.79. The van der Waals surface area contributed by atoms with E-state index in [0.717, 1.165) is 24.9 Å². The zero-order valence-corrected chi connectivity index (χ0v) is 11.6. The summed E-state index contributed by atoms with van der Waals surface area (Å²) in [5.41, 5.74) is 3.01. The molecule has 0 aliphatic rings. The van der Waals surface area contributed by atoms with Gasteiger partial charge in [0.25, 0.3) is 0 Å². The summed E-state index contributed by atoms with van der Waals surface area (Å²) in [5.74, 6) is -0.935. The van der Waals surface area contributed by atoms with Crippen molar-refractivity contribution in [1.29, 1.82) is 0 Å². The SMILES string of the molecule is O=C(O)c1cccc2c1ncn2CCCc1ccccc1. The Bertz CT molecular complexity index is 763. The van der Waals surface area contributed by atoms with Crippen LogP contribution in [0.2, 0.25) is 0 Å². The highest BCUT2D eigenvalue weighted by Crippen LogP contribution is 2.18. The van der Waals surface area contributed by atoms with Gasteiger partial charge in [-0.2, -0.15) is 0 Å². The number of aromatic carboxylic acids is 1. The highest BCUT2D eigenvalue weighted by Gasteiger charge is 2.11. The summed E-state index contributed by atoms with van der Waals surface area (Å²) < 4.78 is 2.02. The largest absolute Gasteiger partial charge is 0.478 e. The van der Waals surface area contributed by atoms with Gasteiger partial charge in [-0.1, -0.05) is 36.4 Å². The van der Waals surface area contributed by atoms with Crippen LogP contribution in [-0.4, -0.2) is 20.6 Å². The van der Waals surface area contributed by atoms with Gasteiger partial charge >= 0.3 is 5.97 Å². The highest BCUT2D eigenvalue weighted by molar-refractivity contribution is 6.00. The minimum Gasteiger partial charge on any atom is -0.478 e. The quantitative estimate of drug-likeness (QED) is 0.779. The number of aryl methyl sites for hydroxylation is 2. The topological polar surface area (TPSA) is 55.1 Å². The molecule has 3 aromatic rings. The molecule has 0 atom stereocenters. The van der Waals surface area contributed by atoms with Gasteiger partial charge in [-0.25, -0.2) is 9.78 Å². The maximum Gasteiger partial charge on any atom is 0.337 e. The zero-order valence-electron chi connectivity index (χ0n) is 11.6. The molecule has 4 nitrogen and oxygen atoms in total. The Balaban J connectivity index is 1.76. The lowest BCUT2D eigenvalue weighted by Gasteiger charge is -2.05. The van der Waals surface area contributed by atoms with Gasteiger partial charge in [0.1, 0.15) is 5.52 Å². The molecule has 0 saturated carbocycles. The molecular weight excluding hydrogens is 264 g/mol. The average molecular weight is 280 g/mol. The van der Waals surface area contributed by atoms with Gasteiger partial charge in [-0.3, -0.25) is 0 Å². The number of carboxylic acids is 1. The van der Waals surface area contributed by atoms with E-state index in [0.29, 0.717) is 5.52 Å². The normalized spacial score (nSPS) is 10.9. The molecule has 0 spiro atoms. The number of aromatic nitrogens is 2. The molecule has 0 bridgehead atoms. The molecule has 0 radical (unpaired) electrons. The van der Waals surface area contributed by atoms with Gasteiger partial charge in [0.2, 0.25) is 0 Å². The Labute approximate surface area is 122 Å². The van der Waals surface area contributed by atoms with E-state index in [4.69, 9.17) is 5.11 Å². The van der Waals surface area contributed by atoms with Gasteiger partial charge in [0.15, 0.2) is 0 Å². The van der Waals surface area contributed by atoms with E-state index in [2.05, 4.69) is 17.1 Å². The number of hydrogen-bond donors (Lipinski definition) is 1. The first-order valence-electron chi connectivity index (χ1n) is 6.97. The smallest absolute Gasteiger partial charge is 0.337 e. The summed E-state index contributed by atoms with van der Waals surface area (Å²) in [4.78, 5) is 15.4. The van der Waals surface area contributed by atoms with Crippen LogP contribution in [0.25, 0.3) is 11.0 Å². The van der Waals surface area contributed by atoms with Gasteiger partial charge in [0.05, 0.1) is 17.4 Å². The van der Waals surface area contributed by atoms with E-state index in [1.54, 1.807) is 18.5 Å². The molecule has 21 heavy (non-hydrogen) atoms. The highest BCUT2D eigenvalue weighted by atomic mass is 16.4. The van der Waals surface area contributed by atoms with Crippen LogP contribution in [0, 0.1) is 0 Å². The van der Waals surface area contributed by atoms with Crippen LogP contribution in [0.1, 0.15) is 22.3 Å². The molecule has 0 fully saturated rings. The number of nitrogens with zero attached hydrogens (tertiary/aromatic N) is 2. The van der Waals surface area contributed by atoms with Crippen molar-refractivity contribution in [2.45, 2.75) is 19.4 Å². The van der Waals surface area contributed by atoms with E-state index in [-0.39, 0.29) is 5.56 Å². The van der Waals surface area contributed by atoms with Gasteiger partial charge in [-0.15, -0.1) is 0 Å². The van der Waals surface area contributed by atoms with Gasteiger partial charge in [-0.05, 0) is 30.5 Å². The number of para-hydroxylation sites is 1. The number of imidazole rings is 1. The molecule has 106 valence electrons. The van der Waals surface area contributed by atoms with Crippen molar-refractivity contribution in [1.82, 2.24) is 9.55 Å². The number of hydrogen-bond acceptors (Lipinski definition) is 2. The molecular formula is C17H16N2O2. The fraction of sp³-hybridized carbons (Fsp3) is 0.176. The Kier molecular flexibility index (Phi) is 3.69. The Morgan fingerprint density at radius 3 is 2.67 bits per heavy atom. The van der Waals surface area contributed by atoms with E-state index < -0.39 is 5.97 Å². The molecule has 0 amide bonds. The standard InChI is InChI=1S/C17H16N2O2/c20-17(21)14-9-4-10-15-16(14)18-12-19(15)11-5-8-13-6-2-1-3-7-13/h1-4,6-7,9-10,12H,5,8,11H2,(H,20,21). The third-order valence-electron chi connectivity index (χ3n) is 3.59. The molecule has 4 heteroatoms. The summed E-state index contributed by atoms with van der Waals surface area (Å²) in [5, 5.41) is 9.17. The van der Waals surface area contributed by atoms with E-state index in [1.807, 2.05) is 28.8 Å². The summed E-state index contributed by atoms with van der Waals surface area (Å²) >= 11 is 0. The predicted molar refractivity (Wildman–Crippen MR) is 81.5 cm³/mol. The molecule has 0 aliphatic carbocycles. The summed E-state index contributed by atoms with van der Waals surface area (Å²) in [6.45, 7) is 0.828. The van der Waals surface area contributed by atoms with Crippen molar-refractivity contribution in [3.05, 3.63) is 66.0 Å². The van der Waals surface area contributed by atoms with Crippen LogP contribution >= 0.6 is 0 Å². The fourth-order valence-corrected chi connectivity index (χ4v) is 2.54. The van der Waals surface area contributed by atoms with Gasteiger partial charge in [0, 0.05) is 6.54 Å². The lowest BCUT2D eigenvalue weighted by Crippen LogP contribution is -2.00. The van der Waals surface area contributed by atoms with Crippen LogP contribution < -0.4 is 0 Å². The van der Waals surface area contributed by atoms with Crippen molar-refractivity contribution in [2.24, 2.45) is 0 Å². The van der Waals surface area contributed by atoms with Crippen molar-refractivity contribution in [3.63, 3.8) is 0 Å². The molecule has 0 unspecified atom stereocenters. The number of carbonyl (C=O) groups is 1.